The lowest BCUT2D eigenvalue weighted by Crippen LogP contribution is -2.26. The molecule has 4 heteroatoms. The lowest BCUT2D eigenvalue weighted by atomic mass is 9.92. The molecule has 0 aliphatic heterocycles. The van der Waals surface area contributed by atoms with Crippen molar-refractivity contribution in [3.63, 3.8) is 0 Å². The van der Waals surface area contributed by atoms with Crippen LogP contribution in [0.4, 0.5) is 0 Å². The van der Waals surface area contributed by atoms with Crippen LogP contribution in [0.25, 0.3) is 0 Å². The van der Waals surface area contributed by atoms with Crippen LogP contribution in [0.3, 0.4) is 0 Å². The van der Waals surface area contributed by atoms with Gasteiger partial charge >= 0.3 is 5.97 Å². The minimum atomic E-state index is -0.768. The van der Waals surface area contributed by atoms with Gasteiger partial charge in [-0.15, -0.1) is 0 Å². The standard InChI is InChI=1S/C18H22N2O2/c19-17(12-14-5-2-1-3-6-14)9-8-16(18(21)22)11-15-7-4-10-20-13-15/h1-7,10,13,16-17H,8-9,11-12,19H2,(H,21,22). The normalized spacial score (nSPS) is 13.5. The van der Waals surface area contributed by atoms with Crippen molar-refractivity contribution >= 4 is 5.97 Å². The fraction of sp³-hybridized carbons (Fsp3) is 0.333. The Bertz CT molecular complexity index is 572. The molecule has 0 saturated heterocycles. The summed E-state index contributed by atoms with van der Waals surface area (Å²) in [6.07, 6.45) is 5.97. The van der Waals surface area contributed by atoms with Crippen molar-refractivity contribution in [2.75, 3.05) is 0 Å². The molecule has 1 aromatic heterocycles. The first-order valence-corrected chi connectivity index (χ1v) is 7.56. The van der Waals surface area contributed by atoms with E-state index in [1.54, 1.807) is 12.4 Å². The molecule has 22 heavy (non-hydrogen) atoms. The molecule has 1 heterocycles. The topological polar surface area (TPSA) is 76.2 Å². The van der Waals surface area contributed by atoms with Gasteiger partial charge in [-0.3, -0.25) is 9.78 Å². The first kappa shape index (κ1) is 16.2. The van der Waals surface area contributed by atoms with Crippen LogP contribution in [0.5, 0.6) is 0 Å². The van der Waals surface area contributed by atoms with Crippen LogP contribution in [-0.2, 0) is 17.6 Å². The lowest BCUT2D eigenvalue weighted by molar-refractivity contribution is -0.142. The third-order valence-electron chi connectivity index (χ3n) is 3.78. The van der Waals surface area contributed by atoms with Crippen LogP contribution in [0.2, 0.25) is 0 Å². The molecular weight excluding hydrogens is 276 g/mol. The number of carboxylic acid groups (broad SMARTS) is 1. The van der Waals surface area contributed by atoms with E-state index in [1.165, 1.54) is 5.56 Å². The molecule has 2 aromatic rings. The number of benzene rings is 1. The summed E-state index contributed by atoms with van der Waals surface area (Å²) in [5.74, 6) is -1.18. The van der Waals surface area contributed by atoms with E-state index < -0.39 is 11.9 Å². The summed E-state index contributed by atoms with van der Waals surface area (Å²) in [7, 11) is 0. The van der Waals surface area contributed by atoms with E-state index in [0.717, 1.165) is 12.0 Å². The van der Waals surface area contributed by atoms with Crippen LogP contribution in [0.15, 0.2) is 54.9 Å². The number of pyridine rings is 1. The van der Waals surface area contributed by atoms with Gasteiger partial charge in [0.05, 0.1) is 5.92 Å². The number of aromatic nitrogens is 1. The van der Waals surface area contributed by atoms with Crippen LogP contribution in [0.1, 0.15) is 24.0 Å². The number of aliphatic carboxylic acids is 1. The minimum Gasteiger partial charge on any atom is -0.481 e. The first-order valence-electron chi connectivity index (χ1n) is 7.56. The van der Waals surface area contributed by atoms with E-state index in [1.807, 2.05) is 42.5 Å². The van der Waals surface area contributed by atoms with Gasteiger partial charge < -0.3 is 10.8 Å². The maximum absolute atomic E-state index is 11.4. The zero-order valence-corrected chi connectivity index (χ0v) is 12.6. The molecule has 0 bridgehead atoms. The van der Waals surface area contributed by atoms with Gasteiger partial charge in [-0.25, -0.2) is 0 Å². The maximum atomic E-state index is 11.4. The quantitative estimate of drug-likeness (QED) is 0.785. The molecule has 2 unspecified atom stereocenters. The third-order valence-corrected chi connectivity index (χ3v) is 3.78. The van der Waals surface area contributed by atoms with E-state index >= 15 is 0 Å². The van der Waals surface area contributed by atoms with Gasteiger partial charge in [-0.1, -0.05) is 36.4 Å². The summed E-state index contributed by atoms with van der Waals surface area (Å²) < 4.78 is 0. The molecule has 3 N–H and O–H groups in total. The van der Waals surface area contributed by atoms with Gasteiger partial charge in [-0.2, -0.15) is 0 Å². The van der Waals surface area contributed by atoms with Crippen LogP contribution in [0, 0.1) is 5.92 Å². The van der Waals surface area contributed by atoms with E-state index in [9.17, 15) is 9.90 Å². The number of carboxylic acids is 1. The van der Waals surface area contributed by atoms with Gasteiger partial charge in [0.2, 0.25) is 0 Å². The molecule has 0 aliphatic rings. The molecule has 2 atom stereocenters. The SMILES string of the molecule is NC(CCC(Cc1cccnc1)C(=O)O)Cc1ccccc1. The van der Waals surface area contributed by atoms with Crippen molar-refractivity contribution in [2.45, 2.75) is 31.7 Å². The number of rotatable bonds is 8. The molecule has 1 aromatic carbocycles. The zero-order valence-electron chi connectivity index (χ0n) is 12.6. The molecule has 0 radical (unpaired) electrons. The summed E-state index contributed by atoms with van der Waals surface area (Å²) >= 11 is 0. The average Bonchev–Trinajstić information content (AvgIpc) is 2.53. The fourth-order valence-electron chi connectivity index (χ4n) is 2.55. The number of hydrogen-bond acceptors (Lipinski definition) is 3. The van der Waals surface area contributed by atoms with Crippen molar-refractivity contribution in [1.29, 1.82) is 0 Å². The zero-order chi connectivity index (χ0) is 15.8. The van der Waals surface area contributed by atoms with Crippen molar-refractivity contribution in [2.24, 2.45) is 11.7 Å². The predicted octanol–water partition coefficient (Wildman–Crippen LogP) is 2.68. The number of nitrogens with two attached hydrogens (primary N) is 1. The highest BCUT2D eigenvalue weighted by atomic mass is 16.4. The summed E-state index contributed by atoms with van der Waals surface area (Å²) in [5.41, 5.74) is 8.28. The molecule has 116 valence electrons. The molecule has 0 fully saturated rings. The Kier molecular flexibility index (Phi) is 6.10. The van der Waals surface area contributed by atoms with Crippen molar-refractivity contribution in [1.82, 2.24) is 4.98 Å². The van der Waals surface area contributed by atoms with Crippen molar-refractivity contribution in [3.8, 4) is 0 Å². The Morgan fingerprint density at radius 2 is 1.77 bits per heavy atom. The van der Waals surface area contributed by atoms with E-state index in [-0.39, 0.29) is 6.04 Å². The van der Waals surface area contributed by atoms with Gasteiger partial charge in [-0.05, 0) is 42.9 Å². The average molecular weight is 298 g/mol. The van der Waals surface area contributed by atoms with Gasteiger partial charge in [0.25, 0.3) is 0 Å². The highest BCUT2D eigenvalue weighted by Gasteiger charge is 2.19. The Morgan fingerprint density at radius 3 is 2.41 bits per heavy atom. The largest absolute Gasteiger partial charge is 0.481 e. The number of hydrogen-bond donors (Lipinski definition) is 2. The smallest absolute Gasteiger partial charge is 0.306 e. The fourth-order valence-corrected chi connectivity index (χ4v) is 2.55. The van der Waals surface area contributed by atoms with Crippen LogP contribution >= 0.6 is 0 Å². The van der Waals surface area contributed by atoms with Crippen LogP contribution < -0.4 is 5.73 Å². The van der Waals surface area contributed by atoms with Gasteiger partial charge in [0, 0.05) is 18.4 Å². The third kappa shape index (κ3) is 5.30. The first-order chi connectivity index (χ1) is 10.6. The van der Waals surface area contributed by atoms with E-state index in [0.29, 0.717) is 19.3 Å². The predicted molar refractivity (Wildman–Crippen MR) is 86.4 cm³/mol. The highest BCUT2D eigenvalue weighted by Crippen LogP contribution is 2.16. The molecule has 0 spiro atoms. The summed E-state index contributed by atoms with van der Waals surface area (Å²) in [4.78, 5) is 15.4. The van der Waals surface area contributed by atoms with Crippen molar-refractivity contribution < 1.29 is 9.90 Å². The Labute approximate surface area is 131 Å². The second kappa shape index (κ2) is 8.29. The maximum Gasteiger partial charge on any atom is 0.306 e. The molecule has 0 amide bonds. The molecule has 4 nitrogen and oxygen atoms in total. The molecule has 0 saturated carbocycles. The molecule has 2 rings (SSSR count). The van der Waals surface area contributed by atoms with E-state index in [2.05, 4.69) is 4.98 Å². The minimum absolute atomic E-state index is 0.0156. The monoisotopic (exact) mass is 298 g/mol. The van der Waals surface area contributed by atoms with Crippen LogP contribution in [-0.4, -0.2) is 22.1 Å². The Balaban J connectivity index is 1.85. The summed E-state index contributed by atoms with van der Waals surface area (Å²) in [6, 6.07) is 13.8. The summed E-state index contributed by atoms with van der Waals surface area (Å²) in [5, 5.41) is 9.38. The molecule has 0 aliphatic carbocycles. The van der Waals surface area contributed by atoms with Gasteiger partial charge in [0.15, 0.2) is 0 Å². The lowest BCUT2D eigenvalue weighted by Gasteiger charge is -2.16. The Morgan fingerprint density at radius 1 is 1.05 bits per heavy atom. The van der Waals surface area contributed by atoms with E-state index in [4.69, 9.17) is 5.73 Å². The summed E-state index contributed by atoms with van der Waals surface area (Å²) in [6.45, 7) is 0. The Hall–Kier alpha value is -2.20. The number of nitrogens with zero attached hydrogens (tertiary/aromatic N) is 1. The van der Waals surface area contributed by atoms with Gasteiger partial charge in [0.1, 0.15) is 0 Å². The number of carbonyl (C=O) groups is 1. The second-order valence-electron chi connectivity index (χ2n) is 5.63. The second-order valence-corrected chi connectivity index (χ2v) is 5.63. The van der Waals surface area contributed by atoms with Crippen molar-refractivity contribution in [3.05, 3.63) is 66.0 Å². The molecular formula is C18H22N2O2. The highest BCUT2D eigenvalue weighted by molar-refractivity contribution is 5.70.